The van der Waals surface area contributed by atoms with E-state index in [1.807, 2.05) is 42.5 Å². The number of nitrogens with one attached hydrogen (secondary N) is 3. The summed E-state index contributed by atoms with van der Waals surface area (Å²) in [6.07, 6.45) is -0.346. The minimum absolute atomic E-state index is 0.203. The van der Waals surface area contributed by atoms with Crippen molar-refractivity contribution in [3.8, 4) is 0 Å². The molecule has 5 rings (SSSR count). The van der Waals surface area contributed by atoms with Crippen LogP contribution in [0.15, 0.2) is 53.6 Å². The number of amides is 3. The second kappa shape index (κ2) is 8.57. The van der Waals surface area contributed by atoms with Gasteiger partial charge in [-0.25, -0.2) is 10.2 Å². The Hall–Kier alpha value is -4.14. The van der Waals surface area contributed by atoms with Crippen LogP contribution in [0, 0.1) is 0 Å². The van der Waals surface area contributed by atoms with Gasteiger partial charge in [-0.05, 0) is 38.5 Å². The average Bonchev–Trinajstić information content (AvgIpc) is 3.12. The monoisotopic (exact) mass is 473 g/mol. The molecule has 9 heteroatoms. The van der Waals surface area contributed by atoms with E-state index in [0.29, 0.717) is 24.2 Å². The lowest BCUT2D eigenvalue weighted by molar-refractivity contribution is -0.133. The molecule has 3 heterocycles. The van der Waals surface area contributed by atoms with Gasteiger partial charge < -0.3 is 19.9 Å². The second-order valence-corrected chi connectivity index (χ2v) is 9.79. The molecule has 1 unspecified atom stereocenters. The van der Waals surface area contributed by atoms with E-state index in [2.05, 4.69) is 20.8 Å². The van der Waals surface area contributed by atoms with Crippen LogP contribution in [-0.2, 0) is 22.5 Å². The average molecular weight is 474 g/mol. The highest BCUT2D eigenvalue weighted by Gasteiger charge is 2.35. The number of alkyl carbamates (subject to hydrolysis) is 1. The molecule has 2 aliphatic rings. The predicted molar refractivity (Wildman–Crippen MR) is 131 cm³/mol. The Balaban J connectivity index is 1.46. The number of benzene rings is 2. The van der Waals surface area contributed by atoms with Gasteiger partial charge in [0.15, 0.2) is 0 Å². The number of hydrogen-bond donors (Lipinski definition) is 3. The van der Waals surface area contributed by atoms with Crippen LogP contribution in [0.2, 0.25) is 0 Å². The first-order valence-electron chi connectivity index (χ1n) is 11.5. The van der Waals surface area contributed by atoms with E-state index in [1.54, 1.807) is 31.7 Å². The Morgan fingerprint density at radius 2 is 1.89 bits per heavy atom. The third-order valence-electron chi connectivity index (χ3n) is 6.00. The number of H-pyrrole nitrogens is 1. The zero-order valence-corrected chi connectivity index (χ0v) is 19.8. The fraction of sp³-hybridized carbons (Fsp3) is 0.308. The van der Waals surface area contributed by atoms with Gasteiger partial charge in [-0.2, -0.15) is 5.10 Å². The van der Waals surface area contributed by atoms with E-state index in [9.17, 15) is 14.4 Å². The molecule has 1 aromatic heterocycles. The highest BCUT2D eigenvalue weighted by atomic mass is 16.6. The molecule has 3 aromatic rings. The van der Waals surface area contributed by atoms with Crippen LogP contribution in [0.4, 0.5) is 4.79 Å². The smallest absolute Gasteiger partial charge is 0.408 e. The topological polar surface area (TPSA) is 116 Å². The lowest BCUT2D eigenvalue weighted by Crippen LogP contribution is -2.52. The van der Waals surface area contributed by atoms with Gasteiger partial charge >= 0.3 is 6.09 Å². The molecule has 3 N–H and O–H groups in total. The SMILES string of the molecule is CC(C)(C)OC(=O)NC(Cc1ccccc1)C(=O)N1CC2=NNC(=O)c3cccc4[nH]c(c2c34)C1. The van der Waals surface area contributed by atoms with Crippen LogP contribution in [0.1, 0.15) is 48.0 Å². The zero-order chi connectivity index (χ0) is 24.7. The minimum atomic E-state index is -0.838. The van der Waals surface area contributed by atoms with E-state index in [-0.39, 0.29) is 18.4 Å². The molecule has 2 aromatic carbocycles. The van der Waals surface area contributed by atoms with Gasteiger partial charge in [0.25, 0.3) is 5.91 Å². The molecule has 0 saturated heterocycles. The number of carbonyl (C=O) groups is 3. The molecular weight excluding hydrogens is 446 g/mol. The van der Waals surface area contributed by atoms with Crippen LogP contribution in [0.3, 0.4) is 0 Å². The maximum absolute atomic E-state index is 13.8. The molecule has 0 bridgehead atoms. The highest BCUT2D eigenvalue weighted by Crippen LogP contribution is 2.32. The summed E-state index contributed by atoms with van der Waals surface area (Å²) in [5.41, 5.74) is 6.44. The molecule has 9 nitrogen and oxygen atoms in total. The van der Waals surface area contributed by atoms with Crippen molar-refractivity contribution >= 4 is 34.5 Å². The Morgan fingerprint density at radius 1 is 1.11 bits per heavy atom. The Morgan fingerprint density at radius 3 is 2.63 bits per heavy atom. The van der Waals surface area contributed by atoms with Crippen molar-refractivity contribution in [3.63, 3.8) is 0 Å². The first kappa shape index (κ1) is 22.6. The largest absolute Gasteiger partial charge is 0.444 e. The molecule has 35 heavy (non-hydrogen) atoms. The lowest BCUT2D eigenvalue weighted by Gasteiger charge is -2.32. The Bertz CT molecular complexity index is 1350. The Kier molecular flexibility index (Phi) is 5.55. The summed E-state index contributed by atoms with van der Waals surface area (Å²) in [5, 5.41) is 7.90. The van der Waals surface area contributed by atoms with E-state index < -0.39 is 17.7 Å². The highest BCUT2D eigenvalue weighted by molar-refractivity contribution is 6.21. The van der Waals surface area contributed by atoms with Crippen LogP contribution < -0.4 is 10.7 Å². The summed E-state index contributed by atoms with van der Waals surface area (Å²) in [7, 11) is 0. The molecule has 0 radical (unpaired) electrons. The third-order valence-corrected chi connectivity index (χ3v) is 6.00. The maximum Gasteiger partial charge on any atom is 0.408 e. The first-order valence-corrected chi connectivity index (χ1v) is 11.5. The van der Waals surface area contributed by atoms with Crippen molar-refractivity contribution in [2.75, 3.05) is 6.54 Å². The summed E-state index contributed by atoms with van der Waals surface area (Å²) in [6, 6.07) is 14.2. The number of rotatable bonds is 4. The normalized spacial score (nSPS) is 15.7. The molecule has 2 aliphatic heterocycles. The van der Waals surface area contributed by atoms with Crippen molar-refractivity contribution < 1.29 is 19.1 Å². The number of hydrogen-bond acceptors (Lipinski definition) is 5. The number of ether oxygens (including phenoxy) is 1. The van der Waals surface area contributed by atoms with Crippen LogP contribution in [-0.4, -0.2) is 51.7 Å². The number of carbonyl (C=O) groups excluding carboxylic acids is 3. The maximum atomic E-state index is 13.8. The molecule has 0 fully saturated rings. The van der Waals surface area contributed by atoms with Gasteiger partial charge in [-0.15, -0.1) is 0 Å². The van der Waals surface area contributed by atoms with Crippen LogP contribution in [0.5, 0.6) is 0 Å². The standard InChI is InChI=1S/C26H27N5O4/c1-26(2,3)35-25(34)28-18(12-15-8-5-4-6-9-15)24(33)31-13-19-22-20(14-31)29-30-23(32)16-10-7-11-17(27-19)21(16)22/h4-11,18,27H,12-14H2,1-3H3,(H,28,34)(H,30,32). The van der Waals surface area contributed by atoms with Crippen molar-refractivity contribution in [2.45, 2.75) is 45.4 Å². The molecular formula is C26H27N5O4. The summed E-state index contributed by atoms with van der Waals surface area (Å²) in [4.78, 5) is 43.9. The van der Waals surface area contributed by atoms with E-state index in [1.165, 1.54) is 0 Å². The zero-order valence-electron chi connectivity index (χ0n) is 19.8. The molecule has 180 valence electrons. The van der Waals surface area contributed by atoms with Crippen LogP contribution in [0.25, 0.3) is 10.9 Å². The molecule has 1 atom stereocenters. The van der Waals surface area contributed by atoms with E-state index >= 15 is 0 Å². The first-order chi connectivity index (χ1) is 16.7. The summed E-state index contributed by atoms with van der Waals surface area (Å²) in [5.74, 6) is -0.548. The summed E-state index contributed by atoms with van der Waals surface area (Å²) < 4.78 is 5.42. The fourth-order valence-electron chi connectivity index (χ4n) is 4.58. The van der Waals surface area contributed by atoms with Gasteiger partial charge in [0.1, 0.15) is 11.6 Å². The van der Waals surface area contributed by atoms with Crippen LogP contribution >= 0.6 is 0 Å². The number of aromatic nitrogens is 1. The van der Waals surface area contributed by atoms with Crippen molar-refractivity contribution in [1.82, 2.24) is 20.6 Å². The molecule has 0 spiro atoms. The van der Waals surface area contributed by atoms with E-state index in [0.717, 1.165) is 27.7 Å². The fourth-order valence-corrected chi connectivity index (χ4v) is 4.58. The lowest BCUT2D eigenvalue weighted by atomic mass is 9.97. The number of nitrogens with zero attached hydrogens (tertiary/aromatic N) is 2. The predicted octanol–water partition coefficient (Wildman–Crippen LogP) is 3.09. The van der Waals surface area contributed by atoms with Gasteiger partial charge in [0, 0.05) is 28.6 Å². The molecule has 0 saturated carbocycles. The van der Waals surface area contributed by atoms with Gasteiger partial charge in [-0.3, -0.25) is 9.59 Å². The van der Waals surface area contributed by atoms with E-state index in [4.69, 9.17) is 4.74 Å². The van der Waals surface area contributed by atoms with Gasteiger partial charge in [-0.1, -0.05) is 36.4 Å². The van der Waals surface area contributed by atoms with Crippen molar-refractivity contribution in [2.24, 2.45) is 5.10 Å². The Labute approximate surface area is 202 Å². The minimum Gasteiger partial charge on any atom is -0.444 e. The third kappa shape index (κ3) is 4.49. The van der Waals surface area contributed by atoms with Gasteiger partial charge in [0.05, 0.1) is 24.4 Å². The summed E-state index contributed by atoms with van der Waals surface area (Å²) >= 11 is 0. The van der Waals surface area contributed by atoms with Gasteiger partial charge in [0.2, 0.25) is 5.91 Å². The molecule has 0 aliphatic carbocycles. The quantitative estimate of drug-likeness (QED) is 0.540. The molecule has 3 amide bonds. The summed E-state index contributed by atoms with van der Waals surface area (Å²) in [6.45, 7) is 5.83. The second-order valence-electron chi connectivity index (χ2n) is 9.79. The number of aromatic amines is 1. The van der Waals surface area contributed by atoms with Crippen molar-refractivity contribution in [3.05, 3.63) is 70.9 Å². The van der Waals surface area contributed by atoms with Crippen molar-refractivity contribution in [1.29, 1.82) is 0 Å². The number of hydrazone groups is 1.